The predicted octanol–water partition coefficient (Wildman–Crippen LogP) is 1.71. The van der Waals surface area contributed by atoms with Crippen LogP contribution in [0.1, 0.15) is 5.56 Å². The first-order valence-electron chi connectivity index (χ1n) is 6.94. The number of nitrogens with one attached hydrogen (secondary N) is 1. The number of aliphatic hydroxyl groups is 1. The van der Waals surface area contributed by atoms with Crippen LogP contribution >= 0.6 is 0 Å². The predicted molar refractivity (Wildman–Crippen MR) is 82.8 cm³/mol. The van der Waals surface area contributed by atoms with E-state index < -0.39 is 0 Å². The third kappa shape index (κ3) is 2.90. The molecule has 0 radical (unpaired) electrons. The fourth-order valence-electron chi connectivity index (χ4n) is 2.29. The normalized spacial score (nSPS) is 11.0. The van der Waals surface area contributed by atoms with Crippen LogP contribution in [0.25, 0.3) is 11.0 Å². The third-order valence-electron chi connectivity index (χ3n) is 3.25. The second kappa shape index (κ2) is 6.50. The molecule has 114 valence electrons. The van der Waals surface area contributed by atoms with Gasteiger partial charge in [-0.3, -0.25) is 0 Å². The van der Waals surface area contributed by atoms with Gasteiger partial charge in [0.2, 0.25) is 0 Å². The number of nitrogens with zero attached hydrogens (tertiary/aromatic N) is 4. The summed E-state index contributed by atoms with van der Waals surface area (Å²) in [6.45, 7) is 0.981. The summed E-state index contributed by atoms with van der Waals surface area (Å²) in [5.41, 5.74) is 2.69. The molecule has 7 heteroatoms. The molecular weight excluding hydrogens is 282 g/mol. The summed E-state index contributed by atoms with van der Waals surface area (Å²) in [4.78, 5) is 8.51. The minimum absolute atomic E-state index is 0.0165. The van der Waals surface area contributed by atoms with E-state index in [0.29, 0.717) is 24.6 Å². The monoisotopic (exact) mass is 299 g/mol. The van der Waals surface area contributed by atoms with E-state index in [1.807, 2.05) is 24.3 Å². The molecule has 0 saturated carbocycles. The summed E-state index contributed by atoms with van der Waals surface area (Å²) in [6.07, 6.45) is 3.19. The van der Waals surface area contributed by atoms with Crippen molar-refractivity contribution in [2.45, 2.75) is 13.2 Å². The lowest BCUT2D eigenvalue weighted by atomic mass is 10.2. The zero-order valence-electron chi connectivity index (χ0n) is 12.2. The molecule has 3 rings (SSSR count). The van der Waals surface area contributed by atoms with Crippen molar-refractivity contribution >= 4 is 22.5 Å². The molecule has 0 aliphatic rings. The van der Waals surface area contributed by atoms with Crippen molar-refractivity contribution in [1.29, 1.82) is 0 Å². The fourth-order valence-corrected chi connectivity index (χ4v) is 2.29. The minimum Gasteiger partial charge on any atom is -0.394 e. The Morgan fingerprint density at radius 1 is 1.32 bits per heavy atom. The van der Waals surface area contributed by atoms with E-state index in [4.69, 9.17) is 9.84 Å². The molecule has 0 aliphatic heterocycles. The van der Waals surface area contributed by atoms with E-state index >= 15 is 0 Å². The summed E-state index contributed by atoms with van der Waals surface area (Å²) >= 11 is 0. The molecule has 2 N–H and O–H groups in total. The van der Waals surface area contributed by atoms with Gasteiger partial charge in [-0.2, -0.15) is 5.10 Å². The van der Waals surface area contributed by atoms with Crippen molar-refractivity contribution in [2.24, 2.45) is 0 Å². The molecule has 3 aromatic rings. The van der Waals surface area contributed by atoms with E-state index in [9.17, 15) is 0 Å². The zero-order chi connectivity index (χ0) is 15.4. The van der Waals surface area contributed by atoms with Gasteiger partial charge in [-0.25, -0.2) is 14.6 Å². The van der Waals surface area contributed by atoms with Crippen molar-refractivity contribution in [3.8, 4) is 0 Å². The number of fused-ring (bicyclic) bond motifs is 1. The van der Waals surface area contributed by atoms with Gasteiger partial charge in [0, 0.05) is 12.8 Å². The smallest absolute Gasteiger partial charge is 0.163 e. The van der Waals surface area contributed by atoms with E-state index in [1.165, 1.54) is 6.33 Å². The standard InChI is InChI=1S/C15H17N5O2/c1-22-9-11-3-2-4-12(7-11)19-14-13-8-18-20(5-6-21)15(13)17-10-16-14/h2-4,7-8,10,21H,5-6,9H2,1H3,(H,16,17,19). The number of anilines is 2. The number of aliphatic hydroxyl groups excluding tert-OH is 1. The fraction of sp³-hybridized carbons (Fsp3) is 0.267. The van der Waals surface area contributed by atoms with Gasteiger partial charge in [0.05, 0.1) is 31.3 Å². The third-order valence-corrected chi connectivity index (χ3v) is 3.25. The molecule has 0 spiro atoms. The van der Waals surface area contributed by atoms with Crippen LogP contribution in [-0.4, -0.2) is 38.6 Å². The van der Waals surface area contributed by atoms with E-state index in [-0.39, 0.29) is 6.61 Å². The lowest BCUT2D eigenvalue weighted by Crippen LogP contribution is -2.05. The summed E-state index contributed by atoms with van der Waals surface area (Å²) in [7, 11) is 1.67. The molecule has 22 heavy (non-hydrogen) atoms. The van der Waals surface area contributed by atoms with Gasteiger partial charge in [0.15, 0.2) is 5.65 Å². The Bertz CT molecular complexity index is 771. The number of rotatable bonds is 6. The van der Waals surface area contributed by atoms with Crippen LogP contribution in [0.2, 0.25) is 0 Å². The van der Waals surface area contributed by atoms with Crippen LogP contribution < -0.4 is 5.32 Å². The van der Waals surface area contributed by atoms with Crippen molar-refractivity contribution in [3.05, 3.63) is 42.4 Å². The maximum atomic E-state index is 9.05. The van der Waals surface area contributed by atoms with Crippen LogP contribution in [0, 0.1) is 0 Å². The van der Waals surface area contributed by atoms with Gasteiger partial charge < -0.3 is 15.2 Å². The van der Waals surface area contributed by atoms with Gasteiger partial charge in [-0.1, -0.05) is 12.1 Å². The van der Waals surface area contributed by atoms with E-state index in [2.05, 4.69) is 20.4 Å². The Hall–Kier alpha value is -2.51. The highest BCUT2D eigenvalue weighted by Crippen LogP contribution is 2.23. The first-order valence-corrected chi connectivity index (χ1v) is 6.94. The van der Waals surface area contributed by atoms with Gasteiger partial charge in [-0.05, 0) is 17.7 Å². The second-order valence-corrected chi connectivity index (χ2v) is 4.81. The average Bonchev–Trinajstić information content (AvgIpc) is 2.93. The number of ether oxygens (including phenoxy) is 1. The molecule has 0 atom stereocenters. The zero-order valence-corrected chi connectivity index (χ0v) is 12.2. The topological polar surface area (TPSA) is 85.1 Å². The quantitative estimate of drug-likeness (QED) is 0.721. The van der Waals surface area contributed by atoms with Crippen LogP contribution in [0.3, 0.4) is 0 Å². The number of aromatic nitrogens is 4. The number of methoxy groups -OCH3 is 1. The maximum absolute atomic E-state index is 9.05. The van der Waals surface area contributed by atoms with E-state index in [0.717, 1.165) is 16.6 Å². The van der Waals surface area contributed by atoms with Crippen LogP contribution in [0.4, 0.5) is 11.5 Å². The summed E-state index contributed by atoms with van der Waals surface area (Å²) in [5, 5.41) is 17.4. The van der Waals surface area contributed by atoms with Crippen LogP contribution in [0.5, 0.6) is 0 Å². The Morgan fingerprint density at radius 3 is 3.05 bits per heavy atom. The Balaban J connectivity index is 1.92. The van der Waals surface area contributed by atoms with Gasteiger partial charge in [-0.15, -0.1) is 0 Å². The molecule has 0 unspecified atom stereocenters. The van der Waals surface area contributed by atoms with Crippen molar-refractivity contribution in [1.82, 2.24) is 19.7 Å². The first kappa shape index (κ1) is 14.4. The van der Waals surface area contributed by atoms with Gasteiger partial charge in [0.1, 0.15) is 12.1 Å². The molecule has 1 aromatic carbocycles. The van der Waals surface area contributed by atoms with E-state index in [1.54, 1.807) is 18.0 Å². The molecular formula is C15H17N5O2. The molecule has 2 heterocycles. The highest BCUT2D eigenvalue weighted by Gasteiger charge is 2.09. The molecule has 7 nitrogen and oxygen atoms in total. The highest BCUT2D eigenvalue weighted by atomic mass is 16.5. The maximum Gasteiger partial charge on any atom is 0.163 e. The molecule has 2 aromatic heterocycles. The highest BCUT2D eigenvalue weighted by molar-refractivity contribution is 5.88. The largest absolute Gasteiger partial charge is 0.394 e. The number of hydrogen-bond donors (Lipinski definition) is 2. The van der Waals surface area contributed by atoms with Crippen LogP contribution in [0.15, 0.2) is 36.8 Å². The number of benzene rings is 1. The summed E-state index contributed by atoms with van der Waals surface area (Å²) in [5.74, 6) is 0.684. The van der Waals surface area contributed by atoms with Gasteiger partial charge >= 0.3 is 0 Å². The summed E-state index contributed by atoms with van der Waals surface area (Å²) < 4.78 is 6.80. The lowest BCUT2D eigenvalue weighted by Gasteiger charge is -2.08. The lowest BCUT2D eigenvalue weighted by molar-refractivity contribution is 0.185. The molecule has 0 aliphatic carbocycles. The van der Waals surface area contributed by atoms with Gasteiger partial charge in [0.25, 0.3) is 0 Å². The average molecular weight is 299 g/mol. The first-order chi connectivity index (χ1) is 10.8. The molecule has 0 saturated heterocycles. The summed E-state index contributed by atoms with van der Waals surface area (Å²) in [6, 6.07) is 7.94. The second-order valence-electron chi connectivity index (χ2n) is 4.81. The Labute approximate surface area is 127 Å². The molecule has 0 bridgehead atoms. The van der Waals surface area contributed by atoms with Crippen molar-refractivity contribution < 1.29 is 9.84 Å². The van der Waals surface area contributed by atoms with Crippen LogP contribution in [-0.2, 0) is 17.9 Å². The minimum atomic E-state index is 0.0165. The SMILES string of the molecule is COCc1cccc(Nc2ncnc3c2cnn3CCO)c1. The number of hydrogen-bond acceptors (Lipinski definition) is 6. The van der Waals surface area contributed by atoms with Crippen molar-refractivity contribution in [2.75, 3.05) is 19.0 Å². The molecule has 0 fully saturated rings. The molecule has 0 amide bonds. The van der Waals surface area contributed by atoms with Crippen molar-refractivity contribution in [3.63, 3.8) is 0 Å². The Morgan fingerprint density at radius 2 is 2.23 bits per heavy atom. The Kier molecular flexibility index (Phi) is 4.27.